The number of benzene rings is 1. The fourth-order valence-corrected chi connectivity index (χ4v) is 5.67. The number of imide groups is 1. The number of amides is 2. The maximum absolute atomic E-state index is 12.9. The number of sulfonamides is 1. The van der Waals surface area contributed by atoms with Gasteiger partial charge in [-0.05, 0) is 48.6 Å². The first-order valence-corrected chi connectivity index (χ1v) is 11.7. The van der Waals surface area contributed by atoms with Crippen molar-refractivity contribution in [2.45, 2.75) is 50.6 Å². The molecule has 2 unspecified atom stereocenters. The second kappa shape index (κ2) is 8.28. The van der Waals surface area contributed by atoms with Gasteiger partial charge in [0.1, 0.15) is 0 Å². The van der Waals surface area contributed by atoms with Crippen molar-refractivity contribution in [2.75, 3.05) is 0 Å². The van der Waals surface area contributed by atoms with E-state index in [0.717, 1.165) is 31.2 Å². The first kappa shape index (κ1) is 20.7. The number of carbonyl (C=O) groups is 2. The topological polar surface area (TPSA) is 96.4 Å². The van der Waals surface area contributed by atoms with Gasteiger partial charge in [0.15, 0.2) is 0 Å². The van der Waals surface area contributed by atoms with E-state index in [0.29, 0.717) is 11.1 Å². The van der Waals surface area contributed by atoms with E-state index in [1.165, 1.54) is 4.90 Å². The number of nitrogens with zero attached hydrogens (tertiary/aromatic N) is 2. The van der Waals surface area contributed by atoms with Gasteiger partial charge in [0.25, 0.3) is 0 Å². The van der Waals surface area contributed by atoms with Crippen LogP contribution in [0.2, 0.25) is 0 Å². The Balaban J connectivity index is 1.53. The van der Waals surface area contributed by atoms with Gasteiger partial charge in [-0.2, -0.15) is 0 Å². The maximum atomic E-state index is 12.9. The normalized spacial score (nSPS) is 21.7. The number of hydrogen-bond donors (Lipinski definition) is 1. The van der Waals surface area contributed by atoms with E-state index in [1.54, 1.807) is 49.6 Å². The Kier molecular flexibility index (Phi) is 5.71. The summed E-state index contributed by atoms with van der Waals surface area (Å²) in [6.07, 6.45) is 6.71. The average molecular weight is 428 g/mol. The minimum Gasteiger partial charge on any atom is -0.278 e. The fourth-order valence-electron chi connectivity index (χ4n) is 4.36. The molecule has 0 radical (unpaired) electrons. The van der Waals surface area contributed by atoms with Gasteiger partial charge in [0.2, 0.25) is 21.8 Å². The fraction of sp³-hybridized carbons (Fsp3) is 0.409. The molecule has 0 spiro atoms. The van der Waals surface area contributed by atoms with Crippen LogP contribution in [0.3, 0.4) is 0 Å². The van der Waals surface area contributed by atoms with Crippen molar-refractivity contribution in [3.05, 3.63) is 59.4 Å². The molecule has 158 valence electrons. The highest BCUT2D eigenvalue weighted by Gasteiger charge is 2.47. The Hall–Kier alpha value is -2.58. The minimum atomic E-state index is -3.76. The molecule has 0 bridgehead atoms. The molecule has 1 N–H and O–H groups in total. The van der Waals surface area contributed by atoms with Gasteiger partial charge >= 0.3 is 0 Å². The van der Waals surface area contributed by atoms with Crippen molar-refractivity contribution in [1.82, 2.24) is 14.6 Å². The highest BCUT2D eigenvalue weighted by atomic mass is 32.2. The monoisotopic (exact) mass is 427 g/mol. The Labute approximate surface area is 176 Å². The summed E-state index contributed by atoms with van der Waals surface area (Å²) in [5, 5.41) is 0. The predicted molar refractivity (Wildman–Crippen MR) is 110 cm³/mol. The number of nitrogens with one attached hydrogen (secondary N) is 1. The predicted octanol–water partition coefficient (Wildman–Crippen LogP) is 2.54. The van der Waals surface area contributed by atoms with Crippen molar-refractivity contribution in [3.8, 4) is 0 Å². The van der Waals surface area contributed by atoms with Crippen LogP contribution in [0.15, 0.2) is 47.6 Å². The summed E-state index contributed by atoms with van der Waals surface area (Å²) in [4.78, 5) is 30.9. The van der Waals surface area contributed by atoms with E-state index >= 15 is 0 Å². The Morgan fingerprint density at radius 3 is 2.40 bits per heavy atom. The van der Waals surface area contributed by atoms with Crippen molar-refractivity contribution >= 4 is 21.8 Å². The molecule has 2 amide bonds. The van der Waals surface area contributed by atoms with Gasteiger partial charge in [-0.3, -0.25) is 19.5 Å². The van der Waals surface area contributed by atoms with Crippen LogP contribution in [-0.2, 0) is 32.7 Å². The third-order valence-electron chi connectivity index (χ3n) is 6.00. The number of fused-ring (bicyclic) bond motifs is 1. The van der Waals surface area contributed by atoms with Gasteiger partial charge in [-0.1, -0.05) is 31.0 Å². The Bertz CT molecular complexity index is 1050. The largest absolute Gasteiger partial charge is 0.278 e. The van der Waals surface area contributed by atoms with E-state index in [-0.39, 0.29) is 41.6 Å². The molecule has 2 atom stereocenters. The van der Waals surface area contributed by atoms with Crippen LogP contribution >= 0.6 is 0 Å². The number of carbonyl (C=O) groups excluding carboxylic acids is 2. The molecule has 1 aromatic carbocycles. The lowest BCUT2D eigenvalue weighted by atomic mass is 9.81. The lowest BCUT2D eigenvalue weighted by molar-refractivity contribution is -0.140. The number of likely N-dealkylation sites (tertiary alicyclic amines) is 1. The Morgan fingerprint density at radius 1 is 1.07 bits per heavy atom. The van der Waals surface area contributed by atoms with Crippen molar-refractivity contribution in [3.63, 3.8) is 0 Å². The van der Waals surface area contributed by atoms with Crippen LogP contribution in [0.4, 0.5) is 0 Å². The van der Waals surface area contributed by atoms with Gasteiger partial charge in [-0.15, -0.1) is 0 Å². The van der Waals surface area contributed by atoms with Crippen LogP contribution < -0.4 is 4.72 Å². The van der Waals surface area contributed by atoms with Crippen LogP contribution in [0.1, 0.15) is 42.4 Å². The lowest BCUT2D eigenvalue weighted by Crippen LogP contribution is -2.30. The smallest absolute Gasteiger partial charge is 0.241 e. The quantitative estimate of drug-likeness (QED) is 0.715. The number of rotatable bonds is 6. The van der Waals surface area contributed by atoms with Crippen LogP contribution in [0.25, 0.3) is 0 Å². The molecule has 30 heavy (non-hydrogen) atoms. The average Bonchev–Trinajstić information content (AvgIpc) is 2.99. The number of aryl methyl sites for hydroxylation is 1. The van der Waals surface area contributed by atoms with E-state index in [1.807, 2.05) is 0 Å². The number of pyridine rings is 1. The summed E-state index contributed by atoms with van der Waals surface area (Å²) in [6.45, 7) is 1.96. The first-order chi connectivity index (χ1) is 14.4. The molecule has 2 aliphatic rings. The SMILES string of the molecule is Cc1ccc(CN2C(=O)C3CCCCC3C2=O)cc1S(=O)(=O)NCc1cccnc1. The molecule has 1 saturated carbocycles. The van der Waals surface area contributed by atoms with E-state index in [9.17, 15) is 18.0 Å². The molecule has 1 aromatic heterocycles. The number of hydrogen-bond acceptors (Lipinski definition) is 5. The van der Waals surface area contributed by atoms with Gasteiger partial charge < -0.3 is 0 Å². The van der Waals surface area contributed by atoms with Crippen molar-refractivity contribution in [2.24, 2.45) is 11.8 Å². The van der Waals surface area contributed by atoms with Gasteiger partial charge in [-0.25, -0.2) is 13.1 Å². The zero-order valence-corrected chi connectivity index (χ0v) is 17.7. The van der Waals surface area contributed by atoms with E-state index < -0.39 is 10.0 Å². The van der Waals surface area contributed by atoms with E-state index in [2.05, 4.69) is 9.71 Å². The maximum Gasteiger partial charge on any atom is 0.241 e. The molecule has 8 heteroatoms. The highest BCUT2D eigenvalue weighted by molar-refractivity contribution is 7.89. The second-order valence-corrected chi connectivity index (χ2v) is 9.78. The zero-order chi connectivity index (χ0) is 21.3. The van der Waals surface area contributed by atoms with Gasteiger partial charge in [0, 0.05) is 18.9 Å². The molecule has 2 aromatic rings. The van der Waals surface area contributed by atoms with Crippen LogP contribution in [0, 0.1) is 18.8 Å². The molecule has 7 nitrogen and oxygen atoms in total. The molecular formula is C22H25N3O4S. The van der Waals surface area contributed by atoms with Gasteiger partial charge in [0.05, 0.1) is 23.3 Å². The third-order valence-corrected chi connectivity index (χ3v) is 7.55. The summed E-state index contributed by atoms with van der Waals surface area (Å²) >= 11 is 0. The minimum absolute atomic E-state index is 0.107. The summed E-state index contributed by atoms with van der Waals surface area (Å²) < 4.78 is 28.3. The van der Waals surface area contributed by atoms with Crippen molar-refractivity contribution in [1.29, 1.82) is 0 Å². The number of aromatic nitrogens is 1. The summed E-state index contributed by atoms with van der Waals surface area (Å²) in [5.74, 6) is -0.657. The highest BCUT2D eigenvalue weighted by Crippen LogP contribution is 2.38. The van der Waals surface area contributed by atoms with Crippen LogP contribution in [0.5, 0.6) is 0 Å². The van der Waals surface area contributed by atoms with Crippen LogP contribution in [-0.4, -0.2) is 30.1 Å². The molecule has 1 aliphatic carbocycles. The molecule has 1 aliphatic heterocycles. The molecule has 1 saturated heterocycles. The summed E-state index contributed by atoms with van der Waals surface area (Å²) in [6, 6.07) is 8.59. The first-order valence-electron chi connectivity index (χ1n) is 10.2. The lowest BCUT2D eigenvalue weighted by Gasteiger charge is -2.19. The molecule has 2 heterocycles. The van der Waals surface area contributed by atoms with E-state index in [4.69, 9.17) is 0 Å². The summed E-state index contributed by atoms with van der Waals surface area (Å²) in [7, 11) is -3.76. The zero-order valence-electron chi connectivity index (χ0n) is 16.9. The molecular weight excluding hydrogens is 402 g/mol. The molecule has 4 rings (SSSR count). The third kappa shape index (κ3) is 4.02. The molecule has 2 fully saturated rings. The summed E-state index contributed by atoms with van der Waals surface area (Å²) in [5.41, 5.74) is 1.98. The standard InChI is InChI=1S/C22H25N3O4S/c1-15-8-9-16(14-25-21(26)18-6-2-3-7-19(18)22(25)27)11-20(15)30(28,29)24-13-17-5-4-10-23-12-17/h4-5,8-12,18-19,24H,2-3,6-7,13-14H2,1H3. The van der Waals surface area contributed by atoms with Crippen molar-refractivity contribution < 1.29 is 18.0 Å². The second-order valence-electron chi connectivity index (χ2n) is 8.05. The Morgan fingerprint density at radius 2 is 1.77 bits per heavy atom.